The van der Waals surface area contributed by atoms with Crippen LogP contribution in [0.3, 0.4) is 0 Å². The number of amides is 1. The molecule has 0 unspecified atom stereocenters. The van der Waals surface area contributed by atoms with Gasteiger partial charge >= 0.3 is 0 Å². The summed E-state index contributed by atoms with van der Waals surface area (Å²) in [5, 5.41) is 5.76. The first kappa shape index (κ1) is 16.8. The Hall–Kier alpha value is -0.200. The average Bonchev–Trinajstić information content (AvgIpc) is 2.32. The van der Waals surface area contributed by atoms with Crippen LogP contribution >= 0.6 is 25.3 Å². The monoisotopic (exact) mass is 278 g/mol. The molecule has 2 N–H and O–H groups in total. The number of Topliss-reactive ketones (excluding diaryl/α,β-unsaturated/α-hetero) is 1. The predicted octanol–water partition coefficient (Wildman–Crippen LogP) is 0.536. The zero-order valence-electron chi connectivity index (χ0n) is 10.4. The Morgan fingerprint density at radius 2 is 1.76 bits per heavy atom. The Morgan fingerprint density at radius 1 is 1.12 bits per heavy atom. The van der Waals surface area contributed by atoms with Gasteiger partial charge in [0.25, 0.3) is 0 Å². The maximum atomic E-state index is 11.9. The molecule has 0 aromatic carbocycles. The molecule has 1 amide bonds. The summed E-state index contributed by atoms with van der Waals surface area (Å²) >= 11 is 8.25. The smallest absolute Gasteiger partial charge is 0.224 e. The van der Waals surface area contributed by atoms with Crippen LogP contribution in [-0.2, 0) is 9.59 Å². The standard InChI is InChI=1S/C11H22N2O2S2/c1-3-12-9(7-17)10(14)5-8(6-16)11(15)13-4-2/h8-9,12,16-17H,3-7H2,1-2H3,(H,13,15)/t8-,9-/m1/s1. The minimum Gasteiger partial charge on any atom is -0.356 e. The van der Waals surface area contributed by atoms with E-state index in [-0.39, 0.29) is 30.1 Å². The molecule has 0 fully saturated rings. The lowest BCUT2D eigenvalue weighted by molar-refractivity contribution is -0.129. The zero-order valence-corrected chi connectivity index (χ0v) is 12.2. The van der Waals surface area contributed by atoms with Crippen molar-refractivity contribution in [1.29, 1.82) is 0 Å². The third kappa shape index (κ3) is 6.33. The van der Waals surface area contributed by atoms with Gasteiger partial charge < -0.3 is 10.6 Å². The van der Waals surface area contributed by atoms with Crippen LogP contribution in [0, 0.1) is 5.92 Å². The quantitative estimate of drug-likeness (QED) is 0.466. The molecular weight excluding hydrogens is 256 g/mol. The van der Waals surface area contributed by atoms with Crippen LogP contribution in [-0.4, -0.2) is 42.3 Å². The molecule has 17 heavy (non-hydrogen) atoms. The molecule has 0 aliphatic carbocycles. The van der Waals surface area contributed by atoms with Crippen molar-refractivity contribution in [3.63, 3.8) is 0 Å². The summed E-state index contributed by atoms with van der Waals surface area (Å²) in [5.74, 6) is 0.383. The first-order valence-corrected chi connectivity index (χ1v) is 7.12. The molecule has 0 rings (SSSR count). The molecule has 0 aliphatic rings. The summed E-state index contributed by atoms with van der Waals surface area (Å²) in [5.41, 5.74) is 0. The fraction of sp³-hybridized carbons (Fsp3) is 0.818. The summed E-state index contributed by atoms with van der Waals surface area (Å²) in [4.78, 5) is 23.5. The van der Waals surface area contributed by atoms with Crippen molar-refractivity contribution in [3.8, 4) is 0 Å². The Kier molecular flexibility index (Phi) is 9.68. The molecule has 0 aliphatic heterocycles. The third-order valence-corrected chi connectivity index (χ3v) is 3.22. The number of ketones is 1. The number of likely N-dealkylation sites (N-methyl/N-ethyl adjacent to an activating group) is 1. The number of carbonyl (C=O) groups excluding carboxylic acids is 2. The topological polar surface area (TPSA) is 58.2 Å². The van der Waals surface area contributed by atoms with E-state index in [0.717, 1.165) is 0 Å². The van der Waals surface area contributed by atoms with Crippen LogP contribution in [0.25, 0.3) is 0 Å². The Bertz CT molecular complexity index is 250. The molecule has 0 heterocycles. The van der Waals surface area contributed by atoms with Crippen molar-refractivity contribution in [3.05, 3.63) is 0 Å². The largest absolute Gasteiger partial charge is 0.356 e. The van der Waals surface area contributed by atoms with Crippen molar-refractivity contribution in [1.82, 2.24) is 10.6 Å². The van der Waals surface area contributed by atoms with Crippen molar-refractivity contribution >= 4 is 36.9 Å². The van der Waals surface area contributed by atoms with Crippen LogP contribution in [0.4, 0.5) is 0 Å². The van der Waals surface area contributed by atoms with E-state index in [0.29, 0.717) is 24.6 Å². The van der Waals surface area contributed by atoms with E-state index in [1.807, 2.05) is 13.8 Å². The fourth-order valence-electron chi connectivity index (χ4n) is 1.47. The van der Waals surface area contributed by atoms with E-state index in [2.05, 4.69) is 35.9 Å². The van der Waals surface area contributed by atoms with Crippen molar-refractivity contribution < 1.29 is 9.59 Å². The van der Waals surface area contributed by atoms with Gasteiger partial charge in [0, 0.05) is 24.5 Å². The first-order chi connectivity index (χ1) is 8.10. The molecule has 0 spiro atoms. The van der Waals surface area contributed by atoms with E-state index >= 15 is 0 Å². The highest BCUT2D eigenvalue weighted by Gasteiger charge is 2.24. The second-order valence-electron chi connectivity index (χ2n) is 3.74. The zero-order chi connectivity index (χ0) is 13.3. The fourth-order valence-corrected chi connectivity index (χ4v) is 2.10. The van der Waals surface area contributed by atoms with E-state index < -0.39 is 0 Å². The highest BCUT2D eigenvalue weighted by atomic mass is 32.1. The molecule has 100 valence electrons. The van der Waals surface area contributed by atoms with Crippen molar-refractivity contribution in [2.24, 2.45) is 5.92 Å². The second kappa shape index (κ2) is 9.79. The van der Waals surface area contributed by atoms with Gasteiger partial charge in [-0.25, -0.2) is 0 Å². The Balaban J connectivity index is 4.35. The Labute approximate surface area is 114 Å². The summed E-state index contributed by atoms with van der Waals surface area (Å²) in [6, 6.07) is -0.278. The highest BCUT2D eigenvalue weighted by molar-refractivity contribution is 7.80. The van der Waals surface area contributed by atoms with Crippen LogP contribution in [0.5, 0.6) is 0 Å². The van der Waals surface area contributed by atoms with Crippen LogP contribution < -0.4 is 10.6 Å². The summed E-state index contributed by atoms with van der Waals surface area (Å²) < 4.78 is 0. The van der Waals surface area contributed by atoms with Gasteiger partial charge in [0.15, 0.2) is 5.78 Å². The predicted molar refractivity (Wildman–Crippen MR) is 77.0 cm³/mol. The number of thiol groups is 2. The van der Waals surface area contributed by atoms with Crippen molar-refractivity contribution in [2.75, 3.05) is 24.6 Å². The lowest BCUT2D eigenvalue weighted by atomic mass is 10.00. The van der Waals surface area contributed by atoms with Gasteiger partial charge in [-0.15, -0.1) is 0 Å². The van der Waals surface area contributed by atoms with Crippen molar-refractivity contribution in [2.45, 2.75) is 26.3 Å². The molecule has 0 saturated heterocycles. The van der Waals surface area contributed by atoms with E-state index in [1.54, 1.807) is 0 Å². The molecule has 0 bridgehead atoms. The molecule has 0 radical (unpaired) electrons. The van der Waals surface area contributed by atoms with Crippen LogP contribution in [0.1, 0.15) is 20.3 Å². The third-order valence-electron chi connectivity index (χ3n) is 2.41. The summed E-state index contributed by atoms with van der Waals surface area (Å²) in [6.45, 7) is 5.07. The first-order valence-electron chi connectivity index (χ1n) is 5.86. The number of nitrogens with one attached hydrogen (secondary N) is 2. The van der Waals surface area contributed by atoms with Gasteiger partial charge in [-0.05, 0) is 13.5 Å². The average molecular weight is 278 g/mol. The number of carbonyl (C=O) groups is 2. The van der Waals surface area contributed by atoms with E-state index in [4.69, 9.17) is 0 Å². The molecule has 0 aromatic rings. The molecule has 2 atom stereocenters. The maximum absolute atomic E-state index is 11.9. The highest BCUT2D eigenvalue weighted by Crippen LogP contribution is 2.09. The van der Waals surface area contributed by atoms with Gasteiger partial charge in [0.2, 0.25) is 5.91 Å². The molecule has 0 saturated carbocycles. The lowest BCUT2D eigenvalue weighted by Crippen LogP contribution is -2.41. The Morgan fingerprint density at radius 3 is 2.18 bits per heavy atom. The van der Waals surface area contributed by atoms with Gasteiger partial charge in [-0.3, -0.25) is 9.59 Å². The molecule has 0 aromatic heterocycles. The number of rotatable bonds is 9. The SMILES string of the molecule is CCNC(=O)[C@@H](CS)CC(=O)[C@@H](CS)NCC. The normalized spacial score (nSPS) is 14.1. The van der Waals surface area contributed by atoms with Gasteiger partial charge in [0.05, 0.1) is 12.0 Å². The van der Waals surface area contributed by atoms with Crippen LogP contribution in [0.15, 0.2) is 0 Å². The van der Waals surface area contributed by atoms with Gasteiger partial charge in [-0.2, -0.15) is 25.3 Å². The molecule has 6 heteroatoms. The minimum atomic E-state index is -0.355. The molecule has 4 nitrogen and oxygen atoms in total. The number of hydrogen-bond acceptors (Lipinski definition) is 5. The van der Waals surface area contributed by atoms with Crippen LogP contribution in [0.2, 0.25) is 0 Å². The summed E-state index contributed by atoms with van der Waals surface area (Å²) in [7, 11) is 0. The van der Waals surface area contributed by atoms with Gasteiger partial charge in [-0.1, -0.05) is 6.92 Å². The van der Waals surface area contributed by atoms with E-state index in [9.17, 15) is 9.59 Å². The minimum absolute atomic E-state index is 0.0205. The van der Waals surface area contributed by atoms with E-state index in [1.165, 1.54) is 0 Å². The summed E-state index contributed by atoms with van der Waals surface area (Å²) in [6.07, 6.45) is 0.216. The second-order valence-corrected chi connectivity index (χ2v) is 4.47. The van der Waals surface area contributed by atoms with Gasteiger partial charge in [0.1, 0.15) is 0 Å². The number of hydrogen-bond donors (Lipinski definition) is 4. The molecular formula is C11H22N2O2S2. The maximum Gasteiger partial charge on any atom is 0.224 e. The lowest BCUT2D eigenvalue weighted by Gasteiger charge is -2.18.